The van der Waals surface area contributed by atoms with Crippen LogP contribution in [0.3, 0.4) is 0 Å². The van der Waals surface area contributed by atoms with Gasteiger partial charge in [-0.3, -0.25) is 0 Å². The van der Waals surface area contributed by atoms with Gasteiger partial charge >= 0.3 is 20.4 Å². The number of fused-ring (bicyclic) bond motifs is 3. The Labute approximate surface area is 337 Å². The monoisotopic (exact) mass is 828 g/mol. The second kappa shape index (κ2) is 14.6. The second-order valence-electron chi connectivity index (χ2n) is 16.8. The minimum Gasteiger partial charge on any atom is -0.509 e. The summed E-state index contributed by atoms with van der Waals surface area (Å²) >= 11 is 0. The molecule has 0 saturated heterocycles. The number of aromatic nitrogens is 4. The first kappa shape index (κ1) is 39.7. The van der Waals surface area contributed by atoms with Gasteiger partial charge in [0.15, 0.2) is 0 Å². The summed E-state index contributed by atoms with van der Waals surface area (Å²) in [5.74, 6) is 1.92. The molecule has 0 radical (unpaired) electrons. The van der Waals surface area contributed by atoms with Crippen LogP contribution in [0.4, 0.5) is 4.39 Å². The molecule has 0 amide bonds. The molecule has 3 aromatic heterocycles. The topological polar surface area (TPSA) is 63.3 Å². The predicted molar refractivity (Wildman–Crippen MR) is 214 cm³/mol. The summed E-state index contributed by atoms with van der Waals surface area (Å²) in [4.78, 5) is 4.71. The van der Waals surface area contributed by atoms with Gasteiger partial charge in [-0.05, 0) is 78.4 Å². The Morgan fingerprint density at radius 2 is 1.44 bits per heavy atom. The van der Waals surface area contributed by atoms with Crippen LogP contribution < -0.4 is 14.2 Å². The van der Waals surface area contributed by atoms with Crippen LogP contribution in [0.1, 0.15) is 79.1 Å². The van der Waals surface area contributed by atoms with E-state index in [4.69, 9.17) is 24.3 Å². The van der Waals surface area contributed by atoms with Crippen molar-refractivity contribution in [3.8, 4) is 45.8 Å². The number of para-hydroxylation sites is 1. The number of pyridine rings is 1. The van der Waals surface area contributed by atoms with Crippen LogP contribution in [-0.4, -0.2) is 32.0 Å². The van der Waals surface area contributed by atoms with Gasteiger partial charge in [-0.1, -0.05) is 89.5 Å². The molecular formula is C46H47FN4O3Pd. The average Bonchev–Trinajstić information content (AvgIpc) is 3.60. The Kier molecular flexibility index (Phi) is 10.5. The Hall–Kier alpha value is -4.97. The summed E-state index contributed by atoms with van der Waals surface area (Å²) in [5, 5.41) is 6.86. The van der Waals surface area contributed by atoms with E-state index in [1.807, 2.05) is 74.7 Å². The van der Waals surface area contributed by atoms with Crippen molar-refractivity contribution in [3.63, 3.8) is 0 Å². The molecule has 7 nitrogen and oxygen atoms in total. The van der Waals surface area contributed by atoms with Gasteiger partial charge in [0.2, 0.25) is 5.88 Å². The molecule has 7 rings (SSSR count). The molecule has 0 aliphatic heterocycles. The molecule has 4 aromatic carbocycles. The molecule has 55 heavy (non-hydrogen) atoms. The fourth-order valence-electron chi connectivity index (χ4n) is 6.72. The van der Waals surface area contributed by atoms with E-state index in [1.165, 1.54) is 23.3 Å². The summed E-state index contributed by atoms with van der Waals surface area (Å²) < 4.78 is 37.6. The Balaban J connectivity index is 0.00000514. The summed E-state index contributed by atoms with van der Waals surface area (Å²) in [7, 11) is 1.61. The summed E-state index contributed by atoms with van der Waals surface area (Å²) in [6.45, 7) is 21.2. The molecule has 7 aromatic rings. The largest absolute Gasteiger partial charge is 2.00 e. The Morgan fingerprint density at radius 3 is 2.09 bits per heavy atom. The van der Waals surface area contributed by atoms with Crippen molar-refractivity contribution in [2.75, 3.05) is 7.11 Å². The molecule has 0 spiro atoms. The van der Waals surface area contributed by atoms with Gasteiger partial charge in [0.1, 0.15) is 17.2 Å². The van der Waals surface area contributed by atoms with E-state index in [1.54, 1.807) is 18.0 Å². The number of hydrogen-bond acceptors (Lipinski definition) is 5. The van der Waals surface area contributed by atoms with E-state index < -0.39 is 5.82 Å². The molecule has 0 bridgehead atoms. The molecule has 0 atom stereocenters. The predicted octanol–water partition coefficient (Wildman–Crippen LogP) is 11.6. The zero-order valence-corrected chi connectivity index (χ0v) is 34.8. The SMILES string of the molecule is COc1c(-c2cc(C(C)(C)C)cc(C(C)(C)C)c2)c(C)nn1-c1[c-]c(Oc2[c-]c3c(cc2)c2ccccc2n3-c2cc(OC(C)(C)C)ccn2)cc(F)c1.[Pd+2]. The zero-order chi connectivity index (χ0) is 38.7. The number of halogens is 1. The van der Waals surface area contributed by atoms with Crippen LogP contribution in [0.25, 0.3) is 44.4 Å². The summed E-state index contributed by atoms with van der Waals surface area (Å²) in [6, 6.07) is 31.7. The smallest absolute Gasteiger partial charge is 0.509 e. The molecular weight excluding hydrogens is 782 g/mol. The van der Waals surface area contributed by atoms with Crippen LogP contribution in [-0.2, 0) is 31.3 Å². The average molecular weight is 829 g/mol. The fraction of sp³-hybridized carbons (Fsp3) is 0.304. The van der Waals surface area contributed by atoms with Crippen LogP contribution in [0.5, 0.6) is 23.1 Å². The van der Waals surface area contributed by atoms with Gasteiger partial charge in [-0.25, -0.2) is 14.1 Å². The van der Waals surface area contributed by atoms with Crippen molar-refractivity contribution >= 4 is 21.8 Å². The normalized spacial score (nSPS) is 12.2. The van der Waals surface area contributed by atoms with E-state index in [0.717, 1.165) is 38.6 Å². The minimum atomic E-state index is -0.504. The number of methoxy groups -OCH3 is 1. The molecule has 286 valence electrons. The number of rotatable bonds is 7. The third-order valence-corrected chi connectivity index (χ3v) is 9.34. The van der Waals surface area contributed by atoms with Crippen molar-refractivity contribution < 1.29 is 39.0 Å². The van der Waals surface area contributed by atoms with Crippen molar-refractivity contribution in [1.29, 1.82) is 0 Å². The van der Waals surface area contributed by atoms with E-state index in [2.05, 4.69) is 77.9 Å². The summed E-state index contributed by atoms with van der Waals surface area (Å²) in [6.07, 6.45) is 1.74. The molecule has 3 heterocycles. The molecule has 0 N–H and O–H groups in total. The first-order chi connectivity index (χ1) is 25.4. The van der Waals surface area contributed by atoms with Crippen molar-refractivity contribution in [1.82, 2.24) is 19.3 Å². The minimum absolute atomic E-state index is 0. The molecule has 0 aliphatic carbocycles. The Bertz CT molecular complexity index is 2500. The first-order valence-corrected chi connectivity index (χ1v) is 18.2. The third-order valence-electron chi connectivity index (χ3n) is 9.34. The van der Waals surface area contributed by atoms with Gasteiger partial charge in [-0.15, -0.1) is 29.7 Å². The molecule has 0 aliphatic rings. The van der Waals surface area contributed by atoms with Crippen LogP contribution >= 0.6 is 0 Å². The fourth-order valence-corrected chi connectivity index (χ4v) is 6.72. The van der Waals surface area contributed by atoms with Gasteiger partial charge in [0, 0.05) is 35.1 Å². The molecule has 0 saturated carbocycles. The zero-order valence-electron chi connectivity index (χ0n) is 33.3. The summed E-state index contributed by atoms with van der Waals surface area (Å²) in [5.41, 5.74) is 6.52. The Morgan fingerprint density at radius 1 is 0.745 bits per heavy atom. The maximum Gasteiger partial charge on any atom is 2.00 e. The molecule has 0 fully saturated rings. The number of benzene rings is 4. The van der Waals surface area contributed by atoms with Gasteiger partial charge in [-0.2, -0.15) is 11.2 Å². The van der Waals surface area contributed by atoms with Crippen molar-refractivity contribution in [3.05, 3.63) is 120 Å². The van der Waals surface area contributed by atoms with Crippen LogP contribution in [0.2, 0.25) is 0 Å². The molecule has 9 heteroatoms. The van der Waals surface area contributed by atoms with E-state index in [9.17, 15) is 0 Å². The van der Waals surface area contributed by atoms with Crippen molar-refractivity contribution in [2.24, 2.45) is 0 Å². The maximum absolute atomic E-state index is 15.5. The van der Waals surface area contributed by atoms with Crippen LogP contribution in [0, 0.1) is 24.9 Å². The van der Waals surface area contributed by atoms with E-state index in [0.29, 0.717) is 28.9 Å². The first-order valence-electron chi connectivity index (χ1n) is 18.2. The number of nitrogens with zero attached hydrogens (tertiary/aromatic N) is 4. The third kappa shape index (κ3) is 8.06. The number of ether oxygens (including phenoxy) is 3. The molecule has 0 unspecified atom stereocenters. The number of aryl methyl sites for hydroxylation is 1. The van der Waals surface area contributed by atoms with Crippen molar-refractivity contribution in [2.45, 2.75) is 85.7 Å². The van der Waals surface area contributed by atoms with Crippen LogP contribution in [0.15, 0.2) is 85.1 Å². The van der Waals surface area contributed by atoms with E-state index in [-0.39, 0.29) is 42.6 Å². The second-order valence-corrected chi connectivity index (χ2v) is 16.8. The quantitative estimate of drug-likeness (QED) is 0.118. The van der Waals surface area contributed by atoms with Gasteiger partial charge in [0.05, 0.1) is 18.4 Å². The van der Waals surface area contributed by atoms with Gasteiger partial charge < -0.3 is 18.8 Å². The number of hydrogen-bond donors (Lipinski definition) is 0. The van der Waals surface area contributed by atoms with Gasteiger partial charge in [0.25, 0.3) is 0 Å². The maximum atomic E-state index is 15.5. The standard InChI is InChI=1S/C46H47FN4O3.Pd/c1-28-42(29-20-30(44(2,3)4)22-31(21-29)45(5,6)7)43(52-11)51(49-28)33-23-32(47)24-36(25-33)53-34-16-17-38-37-14-12-13-15-39(37)50(40(38)26-34)41-27-35(18-19-48-41)54-46(8,9)10;/h12-24,27H,1-11H3;/q-2;+2. The van der Waals surface area contributed by atoms with E-state index >= 15 is 4.39 Å².